The molecule has 1 aliphatic heterocycles. The van der Waals surface area contributed by atoms with Gasteiger partial charge in [-0.15, -0.1) is 11.3 Å². The van der Waals surface area contributed by atoms with Gasteiger partial charge >= 0.3 is 18.2 Å². The number of esters is 1. The summed E-state index contributed by atoms with van der Waals surface area (Å²) in [7, 11) is 0. The molecule has 1 fully saturated rings. The number of aromatic nitrogens is 4. The molecule has 1 aliphatic rings. The maximum absolute atomic E-state index is 14.1. The fourth-order valence-electron chi connectivity index (χ4n) is 5.79. The highest BCUT2D eigenvalue weighted by Gasteiger charge is 2.41. The van der Waals surface area contributed by atoms with E-state index in [0.29, 0.717) is 35.8 Å². The van der Waals surface area contributed by atoms with Crippen LogP contribution in [0.4, 0.5) is 18.0 Å². The molecule has 0 saturated carbocycles. The van der Waals surface area contributed by atoms with E-state index < -0.39 is 29.0 Å². The maximum atomic E-state index is 14.1. The minimum atomic E-state index is -4.88. The molecule has 10 nitrogen and oxygen atoms in total. The zero-order chi connectivity index (χ0) is 35.5. The van der Waals surface area contributed by atoms with Gasteiger partial charge in [0, 0.05) is 35.3 Å². The summed E-state index contributed by atoms with van der Waals surface area (Å²) < 4.78 is 59.5. The van der Waals surface area contributed by atoms with Gasteiger partial charge in [0.25, 0.3) is 0 Å². The van der Waals surface area contributed by atoms with Gasteiger partial charge in [-0.3, -0.25) is 0 Å². The van der Waals surface area contributed by atoms with Gasteiger partial charge in [-0.2, -0.15) is 18.3 Å². The predicted molar refractivity (Wildman–Crippen MR) is 178 cm³/mol. The maximum Gasteiger partial charge on any atom is 0.434 e. The smallest absolute Gasteiger partial charge is 0.434 e. The summed E-state index contributed by atoms with van der Waals surface area (Å²) in [5.74, 6) is -0.482. The van der Waals surface area contributed by atoms with Crippen molar-refractivity contribution in [2.75, 3.05) is 19.7 Å². The van der Waals surface area contributed by atoms with Crippen LogP contribution >= 0.6 is 11.3 Å². The van der Waals surface area contributed by atoms with E-state index in [0.717, 1.165) is 45.6 Å². The van der Waals surface area contributed by atoms with Crippen molar-refractivity contribution in [3.63, 3.8) is 0 Å². The Balaban J connectivity index is 1.32. The van der Waals surface area contributed by atoms with Crippen molar-refractivity contribution in [2.45, 2.75) is 85.1 Å². The van der Waals surface area contributed by atoms with E-state index in [-0.39, 0.29) is 31.0 Å². The van der Waals surface area contributed by atoms with Gasteiger partial charge < -0.3 is 19.1 Å². The lowest BCUT2D eigenvalue weighted by atomic mass is 9.88. The second kappa shape index (κ2) is 14.6. The number of halogens is 3. The van der Waals surface area contributed by atoms with Crippen LogP contribution in [0.25, 0.3) is 16.4 Å². The quantitative estimate of drug-likeness (QED) is 0.161. The second-order valence-electron chi connectivity index (χ2n) is 12.7. The minimum absolute atomic E-state index is 0.0756. The summed E-state index contributed by atoms with van der Waals surface area (Å²) in [5.41, 5.74) is 0.848. The number of hydrogen-bond acceptors (Lipinski definition) is 9. The third-order valence-electron chi connectivity index (χ3n) is 7.93. The lowest BCUT2D eigenvalue weighted by molar-refractivity contribution is -0.143. The normalized spacial score (nSPS) is 14.2. The summed E-state index contributed by atoms with van der Waals surface area (Å²) in [5, 5.41) is 3.86. The number of thiophene rings is 1. The van der Waals surface area contributed by atoms with E-state index in [1.165, 1.54) is 24.3 Å². The summed E-state index contributed by atoms with van der Waals surface area (Å²) in [4.78, 5) is 37.6. The lowest BCUT2D eigenvalue weighted by Crippen LogP contribution is -2.41. The third kappa shape index (κ3) is 8.41. The zero-order valence-corrected chi connectivity index (χ0v) is 29.2. The Labute approximate surface area is 287 Å². The molecule has 0 bridgehead atoms. The van der Waals surface area contributed by atoms with Crippen LogP contribution in [0.3, 0.4) is 0 Å². The van der Waals surface area contributed by atoms with Gasteiger partial charge in [-0.05, 0) is 83.6 Å². The number of ether oxygens (including phenoxy) is 3. The van der Waals surface area contributed by atoms with Crippen LogP contribution in [0.5, 0.6) is 5.88 Å². The fourth-order valence-corrected chi connectivity index (χ4v) is 6.78. The van der Waals surface area contributed by atoms with Crippen LogP contribution in [-0.2, 0) is 28.7 Å². The van der Waals surface area contributed by atoms with E-state index >= 15 is 0 Å². The summed E-state index contributed by atoms with van der Waals surface area (Å²) in [6.07, 6.45) is -1.99. The first kappa shape index (κ1) is 35.8. The highest BCUT2D eigenvalue weighted by atomic mass is 32.1. The number of nitrogens with zero attached hydrogens (tertiary/aromatic N) is 5. The van der Waals surface area contributed by atoms with Gasteiger partial charge in [-0.1, -0.05) is 19.1 Å². The fraction of sp³-hybridized carbons (Fsp3) is 0.457. The summed E-state index contributed by atoms with van der Waals surface area (Å²) in [6.45, 7) is 12.4. The molecule has 0 spiro atoms. The molecule has 1 saturated heterocycles. The zero-order valence-electron chi connectivity index (χ0n) is 28.4. The van der Waals surface area contributed by atoms with Crippen molar-refractivity contribution in [3.8, 4) is 22.3 Å². The number of alkyl halides is 3. The number of carbonyl (C=O) groups excluding carboxylic acids is 2. The Kier molecular flexibility index (Phi) is 10.7. The van der Waals surface area contributed by atoms with Crippen molar-refractivity contribution in [3.05, 3.63) is 75.6 Å². The standard InChI is InChI=1S/C35H40F3N5O5S/c1-7-26-24(22-14-16-42(17-15-22)33(45)48-34(4,5)6)12-13-29(41-26)47-20-23-18-21(3)49-30(23)27-10-9-11-28(40-27)43-31(35(36,37)38)25(19-39-43)32(44)46-8-2/h9-13,18-19,22H,7-8,14-17,20H2,1-6H3. The van der Waals surface area contributed by atoms with Crippen LogP contribution in [0, 0.1) is 6.92 Å². The summed E-state index contributed by atoms with van der Waals surface area (Å²) >= 11 is 1.44. The van der Waals surface area contributed by atoms with Crippen molar-refractivity contribution >= 4 is 23.4 Å². The molecular formula is C35H40F3N5O5S. The number of rotatable bonds is 9. The first-order chi connectivity index (χ1) is 23.2. The molecule has 0 aromatic carbocycles. The number of piperidine rings is 1. The van der Waals surface area contributed by atoms with Crippen LogP contribution in [0.2, 0.25) is 0 Å². The molecule has 1 amide bonds. The number of pyridine rings is 2. The van der Waals surface area contributed by atoms with E-state index in [2.05, 4.69) is 10.1 Å². The molecule has 0 unspecified atom stereocenters. The SMILES string of the molecule is CCOC(=O)c1cnn(-c2cccc(-c3sc(C)cc3COc3ccc(C4CCN(C(=O)OC(C)(C)C)CC4)c(CC)n3)n2)c1C(F)(F)F. The third-order valence-corrected chi connectivity index (χ3v) is 9.05. The molecule has 262 valence electrons. The van der Waals surface area contributed by atoms with Crippen LogP contribution in [0.1, 0.15) is 91.1 Å². The number of amides is 1. The van der Waals surface area contributed by atoms with E-state index in [1.807, 2.05) is 52.8 Å². The van der Waals surface area contributed by atoms with Crippen molar-refractivity contribution in [1.82, 2.24) is 24.6 Å². The number of aryl methyl sites for hydroxylation is 2. The molecular weight excluding hydrogens is 659 g/mol. The van der Waals surface area contributed by atoms with Crippen molar-refractivity contribution in [1.29, 1.82) is 0 Å². The summed E-state index contributed by atoms with van der Waals surface area (Å²) in [6, 6.07) is 10.6. The number of hydrogen-bond donors (Lipinski definition) is 0. The molecule has 14 heteroatoms. The van der Waals surface area contributed by atoms with E-state index in [9.17, 15) is 22.8 Å². The van der Waals surface area contributed by atoms with Gasteiger partial charge in [0.05, 0.1) is 23.4 Å². The van der Waals surface area contributed by atoms with Crippen molar-refractivity contribution in [2.24, 2.45) is 0 Å². The average molecular weight is 700 g/mol. The predicted octanol–water partition coefficient (Wildman–Crippen LogP) is 8.15. The highest BCUT2D eigenvalue weighted by molar-refractivity contribution is 7.15. The Bertz CT molecular complexity index is 1810. The molecule has 0 radical (unpaired) electrons. The Morgan fingerprint density at radius 1 is 1.04 bits per heavy atom. The Morgan fingerprint density at radius 3 is 2.43 bits per heavy atom. The van der Waals surface area contributed by atoms with Gasteiger partial charge in [0.2, 0.25) is 5.88 Å². The second-order valence-corrected chi connectivity index (χ2v) is 14.0. The van der Waals surface area contributed by atoms with Crippen molar-refractivity contribution < 1.29 is 37.0 Å². The molecule has 0 aliphatic carbocycles. The monoisotopic (exact) mass is 699 g/mol. The lowest BCUT2D eigenvalue weighted by Gasteiger charge is -2.34. The van der Waals surface area contributed by atoms with E-state index in [4.69, 9.17) is 19.2 Å². The van der Waals surface area contributed by atoms with Crippen LogP contribution in [-0.4, -0.2) is 62.0 Å². The molecule has 0 atom stereocenters. The van der Waals surface area contributed by atoms with Crippen LogP contribution < -0.4 is 4.74 Å². The van der Waals surface area contributed by atoms with Gasteiger partial charge in [-0.25, -0.2) is 24.2 Å². The minimum Gasteiger partial charge on any atom is -0.473 e. The molecule has 4 aromatic heterocycles. The largest absolute Gasteiger partial charge is 0.473 e. The molecule has 5 heterocycles. The average Bonchev–Trinajstić information content (AvgIpc) is 3.67. The topological polar surface area (TPSA) is 109 Å². The number of likely N-dealkylation sites (tertiary alicyclic amines) is 1. The molecule has 5 rings (SSSR count). The highest BCUT2D eigenvalue weighted by Crippen LogP contribution is 2.37. The Hall–Kier alpha value is -4.46. The van der Waals surface area contributed by atoms with Gasteiger partial charge in [0.15, 0.2) is 11.5 Å². The van der Waals surface area contributed by atoms with Gasteiger partial charge in [0.1, 0.15) is 17.8 Å². The molecule has 49 heavy (non-hydrogen) atoms. The molecule has 0 N–H and O–H groups in total. The first-order valence-corrected chi connectivity index (χ1v) is 17.0. The Morgan fingerprint density at radius 2 is 1.78 bits per heavy atom. The first-order valence-electron chi connectivity index (χ1n) is 16.2. The van der Waals surface area contributed by atoms with E-state index in [1.54, 1.807) is 17.0 Å². The molecule has 4 aromatic rings. The number of carbonyl (C=O) groups is 2. The van der Waals surface area contributed by atoms with Crippen LogP contribution in [0.15, 0.2) is 42.6 Å².